The molecule has 4 rings (SSSR count). The summed E-state index contributed by atoms with van der Waals surface area (Å²) in [5.74, 6) is -2.95. The van der Waals surface area contributed by atoms with Crippen molar-refractivity contribution in [1.82, 2.24) is 0 Å². The fourth-order valence-electron chi connectivity index (χ4n) is 5.61. The van der Waals surface area contributed by atoms with Crippen LogP contribution in [0.4, 0.5) is 0 Å². The zero-order valence-electron chi connectivity index (χ0n) is 19.9. The van der Waals surface area contributed by atoms with Crippen molar-refractivity contribution in [3.05, 3.63) is 35.5 Å². The van der Waals surface area contributed by atoms with Gasteiger partial charge < -0.3 is 24.1 Å². The van der Waals surface area contributed by atoms with E-state index in [4.69, 9.17) is 18.9 Å². The largest absolute Gasteiger partial charge is 0.458 e. The molecule has 0 aromatic rings. The molecule has 0 aromatic carbocycles. The van der Waals surface area contributed by atoms with Gasteiger partial charge in [0.2, 0.25) is 0 Å². The van der Waals surface area contributed by atoms with Gasteiger partial charge in [0.25, 0.3) is 0 Å². The standard InChI is InChI=1S/C25H32O8/c1-8-11(2)21(27)31-19-16-13(4)22(28)30-18(16)17-12(3)9-10-15(26)24(17,6)20(19)32-23(29)25(7)14(5)33-25/h8-9,14-20,26H,4,10H2,1-3,5-7H3/b11-8-/t14-,15-,16+,17-,18-,19+,20+,24+,25-/m1/s1. The molecular weight excluding hydrogens is 428 g/mol. The fourth-order valence-corrected chi connectivity index (χ4v) is 5.61. The Morgan fingerprint density at radius 1 is 1.30 bits per heavy atom. The number of aliphatic hydroxyl groups is 1. The van der Waals surface area contributed by atoms with Crippen molar-refractivity contribution in [2.24, 2.45) is 17.3 Å². The number of carbonyl (C=O) groups excluding carboxylic acids is 3. The molecule has 2 heterocycles. The number of allylic oxidation sites excluding steroid dienone is 1. The van der Waals surface area contributed by atoms with Crippen LogP contribution in [0.2, 0.25) is 0 Å². The number of ether oxygens (including phenoxy) is 4. The highest BCUT2D eigenvalue weighted by Crippen LogP contribution is 2.58. The number of fused-ring (bicyclic) bond motifs is 3. The molecule has 0 aromatic heterocycles. The van der Waals surface area contributed by atoms with Crippen LogP contribution in [0.3, 0.4) is 0 Å². The summed E-state index contributed by atoms with van der Waals surface area (Å²) >= 11 is 0. The van der Waals surface area contributed by atoms with Crippen LogP contribution in [0.15, 0.2) is 35.5 Å². The first-order chi connectivity index (χ1) is 15.4. The zero-order valence-corrected chi connectivity index (χ0v) is 19.9. The first kappa shape index (κ1) is 23.7. The van der Waals surface area contributed by atoms with Crippen molar-refractivity contribution < 1.29 is 38.4 Å². The van der Waals surface area contributed by atoms with Crippen molar-refractivity contribution in [1.29, 1.82) is 0 Å². The molecule has 1 saturated carbocycles. The van der Waals surface area contributed by atoms with Crippen LogP contribution in [0.25, 0.3) is 0 Å². The Morgan fingerprint density at radius 2 is 1.94 bits per heavy atom. The van der Waals surface area contributed by atoms with Crippen LogP contribution in [-0.2, 0) is 33.3 Å². The minimum Gasteiger partial charge on any atom is -0.458 e. The minimum absolute atomic E-state index is 0.161. The molecule has 33 heavy (non-hydrogen) atoms. The topological polar surface area (TPSA) is 112 Å². The normalized spacial score (nSPS) is 44.3. The Bertz CT molecular complexity index is 979. The molecule has 9 atom stereocenters. The number of hydrogen-bond acceptors (Lipinski definition) is 8. The maximum Gasteiger partial charge on any atom is 0.341 e. The summed E-state index contributed by atoms with van der Waals surface area (Å²) in [6.45, 7) is 14.3. The Morgan fingerprint density at radius 3 is 2.52 bits per heavy atom. The fraction of sp³-hybridized carbons (Fsp3) is 0.640. The molecule has 1 N–H and O–H groups in total. The Hall–Kier alpha value is -2.45. The first-order valence-corrected chi connectivity index (χ1v) is 11.3. The second kappa shape index (κ2) is 7.81. The van der Waals surface area contributed by atoms with E-state index < -0.39 is 65.2 Å². The molecule has 0 radical (unpaired) electrons. The number of carbonyl (C=O) groups is 3. The van der Waals surface area contributed by atoms with Crippen molar-refractivity contribution in [3.63, 3.8) is 0 Å². The third kappa shape index (κ3) is 3.37. The molecule has 2 aliphatic heterocycles. The summed E-state index contributed by atoms with van der Waals surface area (Å²) in [4.78, 5) is 38.6. The third-order valence-corrected chi connectivity index (χ3v) is 8.17. The molecule has 0 amide bonds. The van der Waals surface area contributed by atoms with Crippen LogP contribution >= 0.6 is 0 Å². The summed E-state index contributed by atoms with van der Waals surface area (Å²) in [6.07, 6.45) is -0.215. The number of rotatable bonds is 4. The lowest BCUT2D eigenvalue weighted by Gasteiger charge is -2.56. The highest BCUT2D eigenvalue weighted by atomic mass is 16.7. The van der Waals surface area contributed by atoms with E-state index in [1.165, 1.54) is 0 Å². The molecule has 3 fully saturated rings. The van der Waals surface area contributed by atoms with Crippen LogP contribution < -0.4 is 0 Å². The van der Waals surface area contributed by atoms with E-state index >= 15 is 0 Å². The average Bonchev–Trinajstić information content (AvgIpc) is 3.28. The molecule has 0 unspecified atom stereocenters. The van der Waals surface area contributed by atoms with E-state index in [0.717, 1.165) is 5.57 Å². The quantitative estimate of drug-likeness (QED) is 0.224. The van der Waals surface area contributed by atoms with Gasteiger partial charge in [-0.05, 0) is 41.0 Å². The molecule has 2 aliphatic carbocycles. The first-order valence-electron chi connectivity index (χ1n) is 11.3. The smallest absolute Gasteiger partial charge is 0.341 e. The lowest BCUT2D eigenvalue weighted by molar-refractivity contribution is -0.231. The third-order valence-electron chi connectivity index (χ3n) is 8.17. The Kier molecular flexibility index (Phi) is 5.61. The number of hydrogen-bond donors (Lipinski definition) is 1. The predicted octanol–water partition coefficient (Wildman–Crippen LogP) is 2.40. The van der Waals surface area contributed by atoms with Gasteiger partial charge in [0.1, 0.15) is 12.2 Å². The Balaban J connectivity index is 1.84. The summed E-state index contributed by atoms with van der Waals surface area (Å²) in [6, 6.07) is 0. The van der Waals surface area contributed by atoms with Crippen LogP contribution in [0.1, 0.15) is 48.0 Å². The molecule has 8 nitrogen and oxygen atoms in total. The molecule has 8 heteroatoms. The second-order valence-corrected chi connectivity index (χ2v) is 10.00. The summed E-state index contributed by atoms with van der Waals surface area (Å²) in [7, 11) is 0. The Labute approximate surface area is 193 Å². The molecular formula is C25H32O8. The van der Waals surface area contributed by atoms with E-state index in [9.17, 15) is 19.5 Å². The van der Waals surface area contributed by atoms with Crippen molar-refractivity contribution in [2.75, 3.05) is 0 Å². The highest BCUT2D eigenvalue weighted by molar-refractivity contribution is 5.92. The molecule has 4 aliphatic rings. The van der Waals surface area contributed by atoms with Gasteiger partial charge in [-0.1, -0.05) is 31.2 Å². The van der Waals surface area contributed by atoms with Gasteiger partial charge in [-0.25, -0.2) is 14.4 Å². The van der Waals surface area contributed by atoms with Gasteiger partial charge in [-0.15, -0.1) is 0 Å². The van der Waals surface area contributed by atoms with Gasteiger partial charge in [0, 0.05) is 22.5 Å². The lowest BCUT2D eigenvalue weighted by Crippen LogP contribution is -2.67. The monoisotopic (exact) mass is 460 g/mol. The molecule has 2 saturated heterocycles. The van der Waals surface area contributed by atoms with Gasteiger partial charge in [0.15, 0.2) is 11.7 Å². The second-order valence-electron chi connectivity index (χ2n) is 10.00. The van der Waals surface area contributed by atoms with Crippen LogP contribution in [0.5, 0.6) is 0 Å². The van der Waals surface area contributed by atoms with Crippen molar-refractivity contribution in [2.45, 2.75) is 84.1 Å². The van der Waals surface area contributed by atoms with Crippen molar-refractivity contribution >= 4 is 17.9 Å². The average molecular weight is 461 g/mol. The van der Waals surface area contributed by atoms with E-state index in [2.05, 4.69) is 6.58 Å². The molecule has 180 valence electrons. The lowest BCUT2D eigenvalue weighted by atomic mass is 9.53. The maximum atomic E-state index is 13.2. The predicted molar refractivity (Wildman–Crippen MR) is 117 cm³/mol. The zero-order chi connectivity index (χ0) is 24.5. The molecule has 0 bridgehead atoms. The van der Waals surface area contributed by atoms with Gasteiger partial charge >= 0.3 is 17.9 Å². The number of epoxide rings is 1. The molecule has 0 spiro atoms. The number of esters is 3. The van der Waals surface area contributed by atoms with E-state index in [1.54, 1.807) is 40.7 Å². The summed E-state index contributed by atoms with van der Waals surface area (Å²) in [5.41, 5.74) is -0.748. The van der Waals surface area contributed by atoms with Crippen LogP contribution in [-0.4, -0.2) is 59.1 Å². The highest BCUT2D eigenvalue weighted by Gasteiger charge is 2.69. The SMILES string of the molecule is C=C1C(=O)O[C@@H]2[C@H]1[C@H](OC(=O)/C(C)=C\C)[C@H](OC(=O)[C@]1(C)O[C@@H]1C)[C@@]1(C)[C@H](O)CC=C(C)[C@H]21. The number of aliphatic hydroxyl groups excluding tert-OH is 1. The summed E-state index contributed by atoms with van der Waals surface area (Å²) in [5, 5.41) is 11.2. The van der Waals surface area contributed by atoms with E-state index in [-0.39, 0.29) is 11.7 Å². The van der Waals surface area contributed by atoms with E-state index in [1.807, 2.05) is 13.0 Å². The maximum absolute atomic E-state index is 13.2. The van der Waals surface area contributed by atoms with Crippen LogP contribution in [0, 0.1) is 17.3 Å². The van der Waals surface area contributed by atoms with Gasteiger partial charge in [-0.3, -0.25) is 0 Å². The van der Waals surface area contributed by atoms with Gasteiger partial charge in [0.05, 0.1) is 18.1 Å². The summed E-state index contributed by atoms with van der Waals surface area (Å²) < 4.78 is 23.1. The van der Waals surface area contributed by atoms with Gasteiger partial charge in [-0.2, -0.15) is 0 Å². The minimum atomic E-state index is -1.11. The van der Waals surface area contributed by atoms with Crippen molar-refractivity contribution in [3.8, 4) is 0 Å². The van der Waals surface area contributed by atoms with E-state index in [0.29, 0.717) is 12.0 Å².